The maximum atomic E-state index is 6.02. The van der Waals surface area contributed by atoms with Crippen LogP contribution in [0.1, 0.15) is 36.5 Å². The number of piperidine rings is 1. The van der Waals surface area contributed by atoms with E-state index in [4.69, 9.17) is 4.74 Å². The fourth-order valence-corrected chi connectivity index (χ4v) is 5.01. The van der Waals surface area contributed by atoms with Crippen LogP contribution in [0.15, 0.2) is 52.2 Å². The van der Waals surface area contributed by atoms with Crippen LogP contribution < -0.4 is 10.6 Å². The molecule has 2 aliphatic heterocycles. The Hall–Kier alpha value is -1.16. The van der Waals surface area contributed by atoms with Gasteiger partial charge in [0.1, 0.15) is 0 Å². The number of nitrogens with zero attached hydrogens (tertiary/aromatic N) is 2. The van der Waals surface area contributed by atoms with E-state index in [1.807, 2.05) is 7.05 Å². The summed E-state index contributed by atoms with van der Waals surface area (Å²) in [5, 5.41) is 11.6. The lowest BCUT2D eigenvalue weighted by Crippen LogP contribution is -2.49. The third-order valence-electron chi connectivity index (χ3n) is 6.01. The van der Waals surface area contributed by atoms with Crippen molar-refractivity contribution in [1.82, 2.24) is 15.5 Å². The average Bonchev–Trinajstić information content (AvgIpc) is 3.45. The second kappa shape index (κ2) is 12.0. The zero-order chi connectivity index (χ0) is 19.9. The molecule has 2 fully saturated rings. The summed E-state index contributed by atoms with van der Waals surface area (Å²) in [5.41, 5.74) is 2.71. The van der Waals surface area contributed by atoms with Crippen molar-refractivity contribution in [1.29, 1.82) is 0 Å². The molecule has 1 aromatic heterocycles. The van der Waals surface area contributed by atoms with Crippen LogP contribution in [-0.2, 0) is 11.3 Å². The molecule has 2 saturated heterocycles. The number of ether oxygens (including phenoxy) is 1. The zero-order valence-corrected chi connectivity index (χ0v) is 20.8. The van der Waals surface area contributed by atoms with E-state index in [9.17, 15) is 0 Å². The Morgan fingerprint density at radius 1 is 1.17 bits per heavy atom. The van der Waals surface area contributed by atoms with Crippen molar-refractivity contribution in [2.24, 2.45) is 10.9 Å². The number of aliphatic imine (C=N–C) groups is 1. The van der Waals surface area contributed by atoms with Crippen molar-refractivity contribution < 1.29 is 4.74 Å². The molecular formula is C23H33IN4OS. The summed E-state index contributed by atoms with van der Waals surface area (Å²) >= 11 is 1.78. The average molecular weight is 541 g/mol. The molecular weight excluding hydrogens is 507 g/mol. The molecule has 2 unspecified atom stereocenters. The zero-order valence-electron chi connectivity index (χ0n) is 17.6. The Bertz CT molecular complexity index is 763. The molecule has 0 radical (unpaired) electrons. The van der Waals surface area contributed by atoms with Gasteiger partial charge in [0.15, 0.2) is 5.96 Å². The molecule has 30 heavy (non-hydrogen) atoms. The Morgan fingerprint density at radius 3 is 2.67 bits per heavy atom. The molecule has 0 aliphatic carbocycles. The number of hydrogen-bond acceptors (Lipinski definition) is 4. The Kier molecular flexibility index (Phi) is 9.42. The van der Waals surface area contributed by atoms with Crippen LogP contribution in [0.3, 0.4) is 0 Å². The second-order valence-electron chi connectivity index (χ2n) is 8.03. The molecule has 7 heteroatoms. The van der Waals surface area contributed by atoms with Gasteiger partial charge in [0, 0.05) is 51.8 Å². The van der Waals surface area contributed by atoms with Gasteiger partial charge in [0.25, 0.3) is 0 Å². The van der Waals surface area contributed by atoms with Crippen molar-refractivity contribution in [3.8, 4) is 0 Å². The number of guanidine groups is 1. The van der Waals surface area contributed by atoms with E-state index in [-0.39, 0.29) is 30.1 Å². The number of rotatable bonds is 6. The van der Waals surface area contributed by atoms with E-state index in [0.717, 1.165) is 58.0 Å². The molecule has 0 amide bonds. The molecule has 1 aromatic carbocycles. The lowest BCUT2D eigenvalue weighted by molar-refractivity contribution is 0.0915. The molecule has 0 spiro atoms. The largest absolute Gasteiger partial charge is 0.373 e. The van der Waals surface area contributed by atoms with Gasteiger partial charge in [-0.2, -0.15) is 11.3 Å². The Morgan fingerprint density at radius 2 is 1.97 bits per heavy atom. The third-order valence-corrected chi connectivity index (χ3v) is 6.74. The van der Waals surface area contributed by atoms with Crippen molar-refractivity contribution in [2.45, 2.75) is 38.0 Å². The predicted octanol–water partition coefficient (Wildman–Crippen LogP) is 4.27. The minimum Gasteiger partial charge on any atom is -0.373 e. The molecule has 0 bridgehead atoms. The van der Waals surface area contributed by atoms with Gasteiger partial charge in [0.2, 0.25) is 0 Å². The minimum atomic E-state index is 0. The maximum absolute atomic E-state index is 6.02. The van der Waals surface area contributed by atoms with Gasteiger partial charge >= 0.3 is 0 Å². The first-order valence-corrected chi connectivity index (χ1v) is 11.6. The minimum absolute atomic E-state index is 0. The summed E-state index contributed by atoms with van der Waals surface area (Å²) < 4.78 is 6.02. The summed E-state index contributed by atoms with van der Waals surface area (Å²) in [7, 11) is 1.86. The Balaban J connectivity index is 0.00000256. The number of likely N-dealkylation sites (tertiary alicyclic amines) is 1. The number of nitrogens with one attached hydrogen (secondary N) is 2. The van der Waals surface area contributed by atoms with Gasteiger partial charge < -0.3 is 15.4 Å². The predicted molar refractivity (Wildman–Crippen MR) is 136 cm³/mol. The molecule has 2 aliphatic rings. The lowest BCUT2D eigenvalue weighted by atomic mass is 9.95. The quantitative estimate of drug-likeness (QED) is 0.327. The summed E-state index contributed by atoms with van der Waals surface area (Å²) in [5.74, 6) is 1.39. The van der Waals surface area contributed by atoms with E-state index in [1.165, 1.54) is 11.1 Å². The molecule has 2 aromatic rings. The molecule has 5 nitrogen and oxygen atoms in total. The topological polar surface area (TPSA) is 48.9 Å². The molecule has 3 heterocycles. The molecule has 2 atom stereocenters. The van der Waals surface area contributed by atoms with Gasteiger partial charge in [-0.3, -0.25) is 9.89 Å². The fraction of sp³-hybridized carbons (Fsp3) is 0.522. The number of benzene rings is 1. The molecule has 4 rings (SSSR count). The highest BCUT2D eigenvalue weighted by Crippen LogP contribution is 2.33. The van der Waals surface area contributed by atoms with Gasteiger partial charge in [-0.1, -0.05) is 30.3 Å². The van der Waals surface area contributed by atoms with E-state index in [2.05, 4.69) is 67.7 Å². The maximum Gasteiger partial charge on any atom is 0.191 e. The van der Waals surface area contributed by atoms with Crippen LogP contribution in [0.5, 0.6) is 0 Å². The van der Waals surface area contributed by atoms with Gasteiger partial charge in [-0.25, -0.2) is 0 Å². The monoisotopic (exact) mass is 540 g/mol. The summed E-state index contributed by atoms with van der Waals surface area (Å²) in [6, 6.07) is 13.3. The van der Waals surface area contributed by atoms with E-state index in [0.29, 0.717) is 12.0 Å². The first-order chi connectivity index (χ1) is 14.3. The highest BCUT2D eigenvalue weighted by molar-refractivity contribution is 14.0. The second-order valence-corrected chi connectivity index (χ2v) is 8.81. The molecule has 164 valence electrons. The number of thiophene rings is 1. The highest BCUT2D eigenvalue weighted by Gasteiger charge is 2.29. The summed E-state index contributed by atoms with van der Waals surface area (Å²) in [6.07, 6.45) is 3.58. The normalized spacial score (nSPS) is 23.2. The highest BCUT2D eigenvalue weighted by atomic mass is 127. The van der Waals surface area contributed by atoms with E-state index < -0.39 is 0 Å². The third kappa shape index (κ3) is 6.42. The van der Waals surface area contributed by atoms with Crippen molar-refractivity contribution >= 4 is 41.3 Å². The van der Waals surface area contributed by atoms with Crippen LogP contribution in [0, 0.1) is 5.92 Å². The number of halogens is 1. The summed E-state index contributed by atoms with van der Waals surface area (Å²) in [4.78, 5) is 7.01. The molecule has 2 N–H and O–H groups in total. The van der Waals surface area contributed by atoms with Crippen LogP contribution >= 0.6 is 35.3 Å². The molecule has 0 saturated carbocycles. The first kappa shape index (κ1) is 23.5. The SMILES string of the molecule is CN=C(NCC1CCOC1c1ccccc1)NC1CCN(Cc2ccsc2)CC1.I. The van der Waals surface area contributed by atoms with Crippen LogP contribution in [0.2, 0.25) is 0 Å². The van der Waals surface area contributed by atoms with Gasteiger partial charge in [0.05, 0.1) is 6.10 Å². The van der Waals surface area contributed by atoms with Crippen molar-refractivity contribution in [3.63, 3.8) is 0 Å². The lowest BCUT2D eigenvalue weighted by Gasteiger charge is -2.33. The van der Waals surface area contributed by atoms with Crippen LogP contribution in [0.4, 0.5) is 0 Å². The van der Waals surface area contributed by atoms with Gasteiger partial charge in [-0.15, -0.1) is 24.0 Å². The Labute approximate surface area is 201 Å². The first-order valence-electron chi connectivity index (χ1n) is 10.7. The van der Waals surface area contributed by atoms with Crippen molar-refractivity contribution in [3.05, 3.63) is 58.3 Å². The fourth-order valence-electron chi connectivity index (χ4n) is 4.35. The standard InChI is InChI=1S/C23H32N4OS.HI/c1-24-23(25-15-20-9-13-28-22(20)19-5-3-2-4-6-19)26-21-7-11-27(12-8-21)16-18-10-14-29-17-18;/h2-6,10,14,17,20-22H,7-9,11-13,15-16H2,1H3,(H2,24,25,26);1H. The summed E-state index contributed by atoms with van der Waals surface area (Å²) in [6.45, 7) is 5.07. The van der Waals surface area contributed by atoms with E-state index >= 15 is 0 Å². The van der Waals surface area contributed by atoms with Crippen LogP contribution in [-0.4, -0.2) is 50.2 Å². The van der Waals surface area contributed by atoms with Crippen LogP contribution in [0.25, 0.3) is 0 Å². The van der Waals surface area contributed by atoms with E-state index in [1.54, 1.807) is 11.3 Å². The van der Waals surface area contributed by atoms with Crippen molar-refractivity contribution in [2.75, 3.05) is 33.3 Å². The van der Waals surface area contributed by atoms with Gasteiger partial charge in [-0.05, 0) is 47.2 Å². The number of hydrogen-bond donors (Lipinski definition) is 2. The smallest absolute Gasteiger partial charge is 0.191 e.